The molecule has 0 amide bonds. The Balaban J connectivity index is 1.85. The molecule has 3 heteroatoms. The molecule has 1 nitrogen and oxygen atoms in total. The summed E-state index contributed by atoms with van der Waals surface area (Å²) >= 11 is 7.97. The van der Waals surface area contributed by atoms with Crippen LogP contribution in [0.25, 0.3) is 0 Å². The second-order valence-corrected chi connectivity index (χ2v) is 5.47. The number of hydrogen-bond acceptors (Lipinski definition) is 2. The minimum atomic E-state index is 0.295. The van der Waals surface area contributed by atoms with Crippen LogP contribution in [0.15, 0.2) is 41.8 Å². The van der Waals surface area contributed by atoms with Crippen LogP contribution in [0.1, 0.15) is 23.4 Å². The number of rotatable bonds is 5. The topological polar surface area (TPSA) is 12.0 Å². The van der Waals surface area contributed by atoms with Gasteiger partial charge in [-0.25, -0.2) is 0 Å². The van der Waals surface area contributed by atoms with Gasteiger partial charge in [0.1, 0.15) is 0 Å². The van der Waals surface area contributed by atoms with Crippen LogP contribution >= 0.6 is 22.9 Å². The summed E-state index contributed by atoms with van der Waals surface area (Å²) in [5, 5.41) is 6.45. The van der Waals surface area contributed by atoms with E-state index < -0.39 is 0 Å². The first kappa shape index (κ1) is 12.6. The third-order valence-electron chi connectivity index (χ3n) is 2.77. The lowest BCUT2D eigenvalue weighted by Gasteiger charge is -2.15. The second kappa shape index (κ2) is 6.20. The Bertz CT molecular complexity index is 453. The van der Waals surface area contributed by atoms with Crippen molar-refractivity contribution in [1.82, 2.24) is 5.32 Å². The van der Waals surface area contributed by atoms with Crippen LogP contribution in [0, 0.1) is 0 Å². The third-order valence-corrected chi connectivity index (χ3v) is 4.05. The molecular weight excluding hydrogens is 250 g/mol. The van der Waals surface area contributed by atoms with E-state index in [4.69, 9.17) is 11.6 Å². The molecule has 0 bridgehead atoms. The summed E-state index contributed by atoms with van der Waals surface area (Å²) in [6.45, 7) is 3.13. The largest absolute Gasteiger partial charge is 0.310 e. The quantitative estimate of drug-likeness (QED) is 0.850. The minimum Gasteiger partial charge on any atom is -0.310 e. The lowest BCUT2D eigenvalue weighted by Crippen LogP contribution is -2.21. The number of thiophene rings is 1. The molecule has 1 heterocycles. The van der Waals surface area contributed by atoms with Crippen molar-refractivity contribution in [3.8, 4) is 0 Å². The highest BCUT2D eigenvalue weighted by Gasteiger charge is 2.07. The van der Waals surface area contributed by atoms with Gasteiger partial charge in [-0.2, -0.15) is 0 Å². The van der Waals surface area contributed by atoms with Gasteiger partial charge < -0.3 is 5.32 Å². The van der Waals surface area contributed by atoms with Crippen molar-refractivity contribution in [2.45, 2.75) is 19.4 Å². The average molecular weight is 266 g/mol. The van der Waals surface area contributed by atoms with Crippen molar-refractivity contribution in [2.24, 2.45) is 0 Å². The first-order valence-corrected chi connectivity index (χ1v) is 7.03. The second-order valence-electron chi connectivity index (χ2n) is 4.03. The van der Waals surface area contributed by atoms with Gasteiger partial charge in [0.25, 0.3) is 0 Å². The Morgan fingerprint density at radius 3 is 2.76 bits per heavy atom. The van der Waals surface area contributed by atoms with Crippen molar-refractivity contribution in [2.75, 3.05) is 6.54 Å². The van der Waals surface area contributed by atoms with Gasteiger partial charge in [-0.3, -0.25) is 0 Å². The van der Waals surface area contributed by atoms with Crippen molar-refractivity contribution in [3.63, 3.8) is 0 Å². The number of benzene rings is 1. The number of nitrogens with one attached hydrogen (secondary N) is 1. The van der Waals surface area contributed by atoms with E-state index in [0.717, 1.165) is 18.0 Å². The first-order valence-electron chi connectivity index (χ1n) is 5.77. The molecule has 0 saturated carbocycles. The summed E-state index contributed by atoms with van der Waals surface area (Å²) in [6, 6.07) is 12.6. The van der Waals surface area contributed by atoms with Crippen LogP contribution in [0.3, 0.4) is 0 Å². The van der Waals surface area contributed by atoms with Gasteiger partial charge in [0.15, 0.2) is 0 Å². The maximum absolute atomic E-state index is 6.16. The van der Waals surface area contributed by atoms with E-state index in [0.29, 0.717) is 6.04 Å². The summed E-state index contributed by atoms with van der Waals surface area (Å²) in [4.78, 5) is 1.42. The highest BCUT2D eigenvalue weighted by atomic mass is 35.5. The standard InChI is InChI=1S/C14H16ClNS/c1-11(13-6-2-3-7-14(13)15)16-9-8-12-5-4-10-17-12/h2-7,10-11,16H,8-9H2,1H3/t11-/m1/s1. The molecule has 0 aliphatic rings. The van der Waals surface area contributed by atoms with Gasteiger partial charge in [0.05, 0.1) is 0 Å². The molecule has 1 aromatic heterocycles. The van der Waals surface area contributed by atoms with Gasteiger partial charge in [-0.15, -0.1) is 11.3 Å². The molecule has 0 unspecified atom stereocenters. The van der Waals surface area contributed by atoms with Crippen LogP contribution in [0.5, 0.6) is 0 Å². The van der Waals surface area contributed by atoms with Crippen LogP contribution in [0.4, 0.5) is 0 Å². The van der Waals surface area contributed by atoms with Gasteiger partial charge in [-0.05, 0) is 36.4 Å². The third kappa shape index (κ3) is 3.56. The molecule has 0 radical (unpaired) electrons. The Morgan fingerprint density at radius 1 is 1.24 bits per heavy atom. The molecule has 2 rings (SSSR count). The fraction of sp³-hybridized carbons (Fsp3) is 0.286. The normalized spacial score (nSPS) is 12.6. The van der Waals surface area contributed by atoms with Crippen molar-refractivity contribution >= 4 is 22.9 Å². The smallest absolute Gasteiger partial charge is 0.0453 e. The van der Waals surface area contributed by atoms with E-state index in [-0.39, 0.29) is 0 Å². The monoisotopic (exact) mass is 265 g/mol. The van der Waals surface area contributed by atoms with Crippen molar-refractivity contribution in [1.29, 1.82) is 0 Å². The maximum Gasteiger partial charge on any atom is 0.0453 e. The number of halogens is 1. The Morgan fingerprint density at radius 2 is 2.06 bits per heavy atom. The van der Waals surface area contributed by atoms with E-state index in [1.54, 1.807) is 0 Å². The zero-order valence-electron chi connectivity index (χ0n) is 9.82. The fourth-order valence-electron chi connectivity index (χ4n) is 1.80. The molecule has 0 aliphatic carbocycles. The predicted molar refractivity (Wildman–Crippen MR) is 75.9 cm³/mol. The predicted octanol–water partition coefficient (Wildman–Crippen LogP) is 4.29. The van der Waals surface area contributed by atoms with Gasteiger partial charge in [0.2, 0.25) is 0 Å². The van der Waals surface area contributed by atoms with E-state index in [1.165, 1.54) is 10.4 Å². The molecule has 17 heavy (non-hydrogen) atoms. The SMILES string of the molecule is C[C@@H](NCCc1cccs1)c1ccccc1Cl. The van der Waals surface area contributed by atoms with Crippen molar-refractivity contribution < 1.29 is 0 Å². The Labute approximate surface area is 111 Å². The summed E-state index contributed by atoms with van der Waals surface area (Å²) in [7, 11) is 0. The highest BCUT2D eigenvalue weighted by Crippen LogP contribution is 2.22. The molecular formula is C14H16ClNS. The molecule has 1 atom stereocenters. The van der Waals surface area contributed by atoms with Gasteiger partial charge >= 0.3 is 0 Å². The van der Waals surface area contributed by atoms with E-state index >= 15 is 0 Å². The molecule has 0 aliphatic heterocycles. The van der Waals surface area contributed by atoms with Gasteiger partial charge in [0, 0.05) is 22.5 Å². The molecule has 0 saturated heterocycles. The lowest BCUT2D eigenvalue weighted by molar-refractivity contribution is 0.579. The zero-order valence-corrected chi connectivity index (χ0v) is 11.4. The number of hydrogen-bond donors (Lipinski definition) is 1. The van der Waals surface area contributed by atoms with E-state index in [9.17, 15) is 0 Å². The van der Waals surface area contributed by atoms with Crippen LogP contribution < -0.4 is 5.32 Å². The molecule has 2 aromatic rings. The van der Waals surface area contributed by atoms with Crippen LogP contribution in [0.2, 0.25) is 5.02 Å². The molecule has 0 fully saturated rings. The van der Waals surface area contributed by atoms with E-state index in [1.807, 2.05) is 29.5 Å². The Kier molecular flexibility index (Phi) is 4.60. The fourth-order valence-corrected chi connectivity index (χ4v) is 2.81. The summed E-state index contributed by atoms with van der Waals surface area (Å²) in [5.41, 5.74) is 1.17. The summed E-state index contributed by atoms with van der Waals surface area (Å²) < 4.78 is 0. The maximum atomic E-state index is 6.16. The van der Waals surface area contributed by atoms with Gasteiger partial charge in [-0.1, -0.05) is 35.9 Å². The highest BCUT2D eigenvalue weighted by molar-refractivity contribution is 7.09. The summed E-state index contributed by atoms with van der Waals surface area (Å²) in [5.74, 6) is 0. The average Bonchev–Trinajstić information content (AvgIpc) is 2.82. The molecule has 1 aromatic carbocycles. The van der Waals surface area contributed by atoms with E-state index in [2.05, 4.69) is 35.8 Å². The van der Waals surface area contributed by atoms with Crippen LogP contribution in [-0.2, 0) is 6.42 Å². The zero-order chi connectivity index (χ0) is 12.1. The molecule has 1 N–H and O–H groups in total. The molecule has 90 valence electrons. The van der Waals surface area contributed by atoms with Crippen molar-refractivity contribution in [3.05, 3.63) is 57.2 Å². The minimum absolute atomic E-state index is 0.295. The molecule has 0 spiro atoms. The lowest BCUT2D eigenvalue weighted by atomic mass is 10.1. The van der Waals surface area contributed by atoms with Crippen LogP contribution in [-0.4, -0.2) is 6.54 Å². The summed E-state index contributed by atoms with van der Waals surface area (Å²) in [6.07, 6.45) is 1.08. The Hall–Kier alpha value is -0.830. The first-order chi connectivity index (χ1) is 8.27.